The predicted octanol–water partition coefficient (Wildman–Crippen LogP) is 5.25. The number of aromatic nitrogens is 1. The Morgan fingerprint density at radius 2 is 1.86 bits per heavy atom. The summed E-state index contributed by atoms with van der Waals surface area (Å²) in [7, 11) is 0. The van der Waals surface area contributed by atoms with Gasteiger partial charge >= 0.3 is 0 Å². The second-order valence-electron chi connectivity index (χ2n) is 5.02. The lowest BCUT2D eigenvalue weighted by molar-refractivity contribution is 1.20. The van der Waals surface area contributed by atoms with Crippen LogP contribution in [0, 0.1) is 10.5 Å². The highest BCUT2D eigenvalue weighted by atomic mass is 127. The lowest BCUT2D eigenvalue weighted by atomic mass is 10.0. The van der Waals surface area contributed by atoms with Gasteiger partial charge in [0.1, 0.15) is 0 Å². The van der Waals surface area contributed by atoms with Gasteiger partial charge in [0.25, 0.3) is 0 Å². The zero-order valence-corrected chi connectivity index (χ0v) is 14.3. The first-order chi connectivity index (χ1) is 10.2. The third-order valence-electron chi connectivity index (χ3n) is 3.59. The summed E-state index contributed by atoms with van der Waals surface area (Å²) in [5.74, 6) is 0. The minimum atomic E-state index is 0.902. The van der Waals surface area contributed by atoms with E-state index in [-0.39, 0.29) is 0 Å². The van der Waals surface area contributed by atoms with E-state index < -0.39 is 0 Å². The third-order valence-corrected chi connectivity index (χ3v) is 4.26. The van der Waals surface area contributed by atoms with Crippen molar-refractivity contribution in [2.45, 2.75) is 13.8 Å². The van der Waals surface area contributed by atoms with E-state index in [1.165, 1.54) is 20.2 Å². The van der Waals surface area contributed by atoms with Gasteiger partial charge in [-0.3, -0.25) is 0 Å². The summed E-state index contributed by atoms with van der Waals surface area (Å²) in [6.07, 6.45) is 0. The number of fused-ring (bicyclic) bond motifs is 1. The molecular weight excluding hydrogens is 371 g/mol. The van der Waals surface area contributed by atoms with E-state index >= 15 is 0 Å². The number of halogens is 1. The van der Waals surface area contributed by atoms with Crippen molar-refractivity contribution in [1.82, 2.24) is 4.98 Å². The van der Waals surface area contributed by atoms with Crippen LogP contribution in [0.3, 0.4) is 0 Å². The number of hydrogen-bond donors (Lipinski definition) is 1. The standard InChI is InChI=1S/C18H17IN2/c1-3-20-18-12(2)17(13-7-5-4-6-8-13)21-16-10-9-14(19)11-15(16)18/h4-11H,3H2,1-2H3,(H,20,21). The molecule has 0 amide bonds. The molecule has 0 radical (unpaired) electrons. The molecule has 0 aliphatic heterocycles. The maximum Gasteiger partial charge on any atom is 0.0759 e. The second-order valence-corrected chi connectivity index (χ2v) is 6.26. The first kappa shape index (κ1) is 14.3. The highest BCUT2D eigenvalue weighted by molar-refractivity contribution is 14.1. The molecule has 106 valence electrons. The highest BCUT2D eigenvalue weighted by Crippen LogP contribution is 2.33. The third kappa shape index (κ3) is 2.75. The van der Waals surface area contributed by atoms with Gasteiger partial charge in [0, 0.05) is 26.8 Å². The first-order valence-corrected chi connectivity index (χ1v) is 8.17. The van der Waals surface area contributed by atoms with Crippen molar-refractivity contribution in [3.05, 3.63) is 57.7 Å². The fourth-order valence-electron chi connectivity index (χ4n) is 2.61. The summed E-state index contributed by atoms with van der Waals surface area (Å²) in [6.45, 7) is 5.17. The van der Waals surface area contributed by atoms with Crippen molar-refractivity contribution < 1.29 is 0 Å². The summed E-state index contributed by atoms with van der Waals surface area (Å²) in [5, 5.41) is 4.71. The molecule has 0 atom stereocenters. The van der Waals surface area contributed by atoms with Crippen LogP contribution in [0.2, 0.25) is 0 Å². The lowest BCUT2D eigenvalue weighted by Gasteiger charge is -2.15. The van der Waals surface area contributed by atoms with Gasteiger partial charge in [0.15, 0.2) is 0 Å². The van der Waals surface area contributed by atoms with Crippen LogP contribution < -0.4 is 5.32 Å². The van der Waals surface area contributed by atoms with E-state index in [9.17, 15) is 0 Å². The number of nitrogens with one attached hydrogen (secondary N) is 1. The monoisotopic (exact) mass is 388 g/mol. The normalized spacial score (nSPS) is 10.8. The Kier molecular flexibility index (Phi) is 4.10. The van der Waals surface area contributed by atoms with Crippen LogP contribution in [-0.4, -0.2) is 11.5 Å². The molecule has 0 fully saturated rings. The van der Waals surface area contributed by atoms with Crippen LogP contribution in [-0.2, 0) is 0 Å². The zero-order chi connectivity index (χ0) is 14.8. The Bertz CT molecular complexity index is 782. The SMILES string of the molecule is CCNc1c(C)c(-c2ccccc2)nc2ccc(I)cc12. The molecule has 0 aliphatic rings. The average Bonchev–Trinajstić information content (AvgIpc) is 2.51. The van der Waals surface area contributed by atoms with Gasteiger partial charge in [-0.2, -0.15) is 0 Å². The summed E-state index contributed by atoms with van der Waals surface area (Å²) in [6, 6.07) is 16.8. The van der Waals surface area contributed by atoms with Gasteiger partial charge in [-0.1, -0.05) is 30.3 Å². The van der Waals surface area contributed by atoms with Crippen molar-refractivity contribution in [3.63, 3.8) is 0 Å². The zero-order valence-electron chi connectivity index (χ0n) is 12.2. The number of rotatable bonds is 3. The molecule has 1 aromatic heterocycles. The molecule has 1 heterocycles. The lowest BCUT2D eigenvalue weighted by Crippen LogP contribution is -2.03. The van der Waals surface area contributed by atoms with E-state index in [1.807, 2.05) is 6.07 Å². The Labute approximate surface area is 138 Å². The fraction of sp³-hybridized carbons (Fsp3) is 0.167. The van der Waals surface area contributed by atoms with Gasteiger partial charge in [-0.25, -0.2) is 4.98 Å². The van der Waals surface area contributed by atoms with Crippen molar-refractivity contribution in [2.24, 2.45) is 0 Å². The van der Waals surface area contributed by atoms with Crippen LogP contribution in [0.25, 0.3) is 22.2 Å². The molecule has 0 saturated heterocycles. The molecule has 0 saturated carbocycles. The summed E-state index contributed by atoms with van der Waals surface area (Å²) >= 11 is 2.35. The van der Waals surface area contributed by atoms with Crippen molar-refractivity contribution in [2.75, 3.05) is 11.9 Å². The second kappa shape index (κ2) is 6.02. The van der Waals surface area contributed by atoms with Crippen LogP contribution >= 0.6 is 22.6 Å². The number of hydrogen-bond acceptors (Lipinski definition) is 2. The van der Waals surface area contributed by atoms with E-state index in [2.05, 4.69) is 84.2 Å². The minimum Gasteiger partial charge on any atom is -0.384 e. The Morgan fingerprint density at radius 1 is 1.10 bits per heavy atom. The van der Waals surface area contributed by atoms with Crippen molar-refractivity contribution in [3.8, 4) is 11.3 Å². The molecule has 2 nitrogen and oxygen atoms in total. The quantitative estimate of drug-likeness (QED) is 0.621. The summed E-state index contributed by atoms with van der Waals surface area (Å²) in [5.41, 5.74) is 5.66. The summed E-state index contributed by atoms with van der Waals surface area (Å²) in [4.78, 5) is 4.89. The molecule has 3 rings (SSSR count). The molecular formula is C18H17IN2. The molecule has 3 aromatic rings. The number of anilines is 1. The summed E-state index contributed by atoms with van der Waals surface area (Å²) < 4.78 is 1.23. The van der Waals surface area contributed by atoms with Gasteiger partial charge in [0.2, 0.25) is 0 Å². The van der Waals surface area contributed by atoms with Gasteiger partial charge < -0.3 is 5.32 Å². The molecule has 0 spiro atoms. The van der Waals surface area contributed by atoms with E-state index in [0.29, 0.717) is 0 Å². The Balaban J connectivity index is 2.32. The first-order valence-electron chi connectivity index (χ1n) is 7.10. The number of nitrogens with zero attached hydrogens (tertiary/aromatic N) is 1. The van der Waals surface area contributed by atoms with Crippen LogP contribution in [0.5, 0.6) is 0 Å². The molecule has 3 heteroatoms. The number of pyridine rings is 1. The largest absolute Gasteiger partial charge is 0.384 e. The Morgan fingerprint density at radius 3 is 2.57 bits per heavy atom. The fourth-order valence-corrected chi connectivity index (χ4v) is 3.10. The number of benzene rings is 2. The van der Waals surface area contributed by atoms with E-state index in [4.69, 9.17) is 4.98 Å². The average molecular weight is 388 g/mol. The highest BCUT2D eigenvalue weighted by Gasteiger charge is 2.12. The Hall–Kier alpha value is -1.62. The maximum atomic E-state index is 4.89. The van der Waals surface area contributed by atoms with Crippen LogP contribution in [0.4, 0.5) is 5.69 Å². The molecule has 2 aromatic carbocycles. The predicted molar refractivity (Wildman–Crippen MR) is 98.8 cm³/mol. The minimum absolute atomic E-state index is 0.902. The van der Waals surface area contributed by atoms with Crippen LogP contribution in [0.15, 0.2) is 48.5 Å². The van der Waals surface area contributed by atoms with Crippen LogP contribution in [0.1, 0.15) is 12.5 Å². The smallest absolute Gasteiger partial charge is 0.0759 e. The molecule has 0 bridgehead atoms. The topological polar surface area (TPSA) is 24.9 Å². The molecule has 1 N–H and O–H groups in total. The van der Waals surface area contributed by atoms with Crippen molar-refractivity contribution in [1.29, 1.82) is 0 Å². The van der Waals surface area contributed by atoms with Crippen molar-refractivity contribution >= 4 is 39.2 Å². The molecule has 21 heavy (non-hydrogen) atoms. The molecule has 0 unspecified atom stereocenters. The molecule has 0 aliphatic carbocycles. The maximum absolute atomic E-state index is 4.89. The van der Waals surface area contributed by atoms with Gasteiger partial charge in [-0.05, 0) is 60.2 Å². The van der Waals surface area contributed by atoms with E-state index in [0.717, 1.165) is 23.3 Å². The van der Waals surface area contributed by atoms with Gasteiger partial charge in [-0.15, -0.1) is 0 Å². The van der Waals surface area contributed by atoms with Gasteiger partial charge in [0.05, 0.1) is 11.2 Å². The van der Waals surface area contributed by atoms with E-state index in [1.54, 1.807) is 0 Å².